The van der Waals surface area contributed by atoms with Crippen molar-refractivity contribution in [1.29, 1.82) is 0 Å². The number of hydrogen-bond donors (Lipinski definition) is 1. The minimum atomic E-state index is -1.00. The van der Waals surface area contributed by atoms with Crippen molar-refractivity contribution in [2.24, 2.45) is 23.7 Å². The molecule has 0 aliphatic heterocycles. The van der Waals surface area contributed by atoms with Crippen molar-refractivity contribution >= 4 is 24.0 Å². The van der Waals surface area contributed by atoms with E-state index in [-0.39, 0.29) is 42.3 Å². The summed E-state index contributed by atoms with van der Waals surface area (Å²) in [5.41, 5.74) is 0. The molecular weight excluding hydrogens is 360 g/mol. The molecule has 0 aromatic rings. The maximum absolute atomic E-state index is 12.5. The van der Waals surface area contributed by atoms with Crippen molar-refractivity contribution in [3.05, 3.63) is 0 Å². The van der Waals surface area contributed by atoms with Gasteiger partial charge in [0.2, 0.25) is 0 Å². The van der Waals surface area contributed by atoms with Crippen LogP contribution in [-0.4, -0.2) is 34.7 Å². The van der Waals surface area contributed by atoms with Gasteiger partial charge in [-0.3, -0.25) is 9.59 Å². The molecule has 0 aromatic carbocycles. The van der Waals surface area contributed by atoms with E-state index in [0.29, 0.717) is 12.0 Å². The zero-order chi connectivity index (χ0) is 20.4. The summed E-state index contributed by atoms with van der Waals surface area (Å²) in [6.45, 7) is 15.7. The van der Waals surface area contributed by atoms with Crippen molar-refractivity contribution in [2.75, 3.05) is 0 Å². The topological polar surface area (TPSA) is 91.3 Å². The lowest BCUT2D eigenvalue weighted by Gasteiger charge is -2.27. The second kappa shape index (κ2) is 12.5. The lowest BCUT2D eigenvalue weighted by Crippen LogP contribution is -2.35. The van der Waals surface area contributed by atoms with Gasteiger partial charge in [-0.15, -0.1) is 4.33 Å². The third-order valence-electron chi connectivity index (χ3n) is 3.95. The zero-order valence-electron chi connectivity index (χ0n) is 17.1. The minimum absolute atomic E-state index is 0.123. The molecule has 8 heteroatoms. The van der Waals surface area contributed by atoms with Crippen LogP contribution in [0.3, 0.4) is 0 Å². The van der Waals surface area contributed by atoms with Crippen molar-refractivity contribution in [2.45, 2.75) is 79.3 Å². The maximum Gasteiger partial charge on any atom is 0.322 e. The largest absolute Gasteiger partial charge is 0.462 e. The Bertz CT molecular complexity index is 408. The zero-order valence-corrected chi connectivity index (χ0v) is 17.9. The average Bonchev–Trinajstić information content (AvgIpc) is 2.52. The Morgan fingerprint density at radius 3 is 1.62 bits per heavy atom. The molecule has 0 radical (unpaired) electrons. The number of hydrogen-bond acceptors (Lipinski definition) is 8. The second-order valence-electron chi connectivity index (χ2n) is 7.76. The number of esters is 2. The van der Waals surface area contributed by atoms with E-state index in [9.17, 15) is 9.59 Å². The van der Waals surface area contributed by atoms with Gasteiger partial charge in [0.25, 0.3) is 0 Å². The summed E-state index contributed by atoms with van der Waals surface area (Å²) in [6.07, 6.45) is -0.792. The Morgan fingerprint density at radius 1 is 0.808 bits per heavy atom. The summed E-state index contributed by atoms with van der Waals surface area (Å²) in [5, 5.41) is 10.9. The fourth-order valence-electron chi connectivity index (χ4n) is 2.87. The third-order valence-corrected chi connectivity index (χ3v) is 4.68. The van der Waals surface area contributed by atoms with Crippen molar-refractivity contribution in [3.8, 4) is 0 Å². The van der Waals surface area contributed by atoms with E-state index in [1.807, 2.05) is 55.4 Å². The first-order valence-electron chi connectivity index (χ1n) is 9.04. The molecule has 1 unspecified atom stereocenters. The molecule has 26 heavy (non-hydrogen) atoms. The summed E-state index contributed by atoms with van der Waals surface area (Å²) in [6, 6.07) is 0. The molecule has 0 aliphatic carbocycles. The predicted octanol–water partition coefficient (Wildman–Crippen LogP) is 4.26. The maximum atomic E-state index is 12.5. The fourth-order valence-corrected chi connectivity index (χ4v) is 3.34. The van der Waals surface area contributed by atoms with Crippen LogP contribution < -0.4 is 0 Å². The Kier molecular flexibility index (Phi) is 12.1. The Labute approximate surface area is 161 Å². The van der Waals surface area contributed by atoms with Crippen LogP contribution >= 0.6 is 12.0 Å². The molecular formula is C18H34O7S. The van der Waals surface area contributed by atoms with E-state index >= 15 is 0 Å². The molecule has 0 bridgehead atoms. The molecule has 0 aromatic heterocycles. The van der Waals surface area contributed by atoms with E-state index in [2.05, 4.69) is 9.37 Å². The van der Waals surface area contributed by atoms with Gasteiger partial charge in [-0.2, -0.15) is 0 Å². The first kappa shape index (κ1) is 25.2. The quantitative estimate of drug-likeness (QED) is 0.227. The van der Waals surface area contributed by atoms with Gasteiger partial charge >= 0.3 is 11.9 Å². The van der Waals surface area contributed by atoms with Crippen LogP contribution in [0.5, 0.6) is 0 Å². The highest BCUT2D eigenvalue weighted by Crippen LogP contribution is 2.24. The summed E-state index contributed by atoms with van der Waals surface area (Å²) in [5.74, 6) is -0.586. The molecule has 154 valence electrons. The van der Waals surface area contributed by atoms with Crippen molar-refractivity contribution < 1.29 is 33.7 Å². The summed E-state index contributed by atoms with van der Waals surface area (Å²) in [4.78, 5) is 24.8. The minimum Gasteiger partial charge on any atom is -0.462 e. The monoisotopic (exact) mass is 394 g/mol. The van der Waals surface area contributed by atoms with Gasteiger partial charge in [-0.25, -0.2) is 5.26 Å². The summed E-state index contributed by atoms with van der Waals surface area (Å²) in [7, 11) is 0. The van der Waals surface area contributed by atoms with Crippen LogP contribution in [0.15, 0.2) is 0 Å². The fraction of sp³-hybridized carbons (Fsp3) is 0.889. The molecule has 0 aliphatic rings. The third kappa shape index (κ3) is 9.21. The van der Waals surface area contributed by atoms with E-state index in [0.717, 1.165) is 0 Å². The summed E-state index contributed by atoms with van der Waals surface area (Å²) >= 11 is 0.520. The van der Waals surface area contributed by atoms with Crippen LogP contribution in [0, 0.1) is 23.7 Å². The normalized spacial score (nSPS) is 13.3. The van der Waals surface area contributed by atoms with E-state index in [1.165, 1.54) is 0 Å². The highest BCUT2D eigenvalue weighted by Gasteiger charge is 2.32. The smallest absolute Gasteiger partial charge is 0.322 e. The SMILES string of the molecule is CC(C)C(OC(=O)CC(SOOO)C(=O)OC(C(C)C)C(C)C)C(C)C. The number of carbonyl (C=O) groups excluding carboxylic acids is 2. The van der Waals surface area contributed by atoms with Crippen LogP contribution in [0.1, 0.15) is 61.8 Å². The van der Waals surface area contributed by atoms with E-state index < -0.39 is 17.2 Å². The van der Waals surface area contributed by atoms with Gasteiger partial charge < -0.3 is 9.47 Å². The molecule has 0 saturated heterocycles. The van der Waals surface area contributed by atoms with E-state index in [1.54, 1.807) is 0 Å². The van der Waals surface area contributed by atoms with Crippen LogP contribution in [0.2, 0.25) is 0 Å². The van der Waals surface area contributed by atoms with Gasteiger partial charge in [-0.1, -0.05) is 60.4 Å². The molecule has 7 nitrogen and oxygen atoms in total. The van der Waals surface area contributed by atoms with Gasteiger partial charge in [0.05, 0.1) is 18.5 Å². The first-order valence-corrected chi connectivity index (χ1v) is 9.85. The Hall–Kier alpha value is -0.830. The lowest BCUT2D eigenvalue weighted by molar-refractivity contribution is -0.432. The Morgan fingerprint density at radius 2 is 1.23 bits per heavy atom. The van der Waals surface area contributed by atoms with Gasteiger partial charge in [0, 0.05) is 0 Å². The standard InChI is InChI=1S/C18H34O7S/c1-10(2)16(11(3)4)22-15(19)9-14(26-25-24-21)18(20)23-17(12(5)6)13(7)8/h10-14,16-17,21H,9H2,1-8H3. The molecule has 0 spiro atoms. The van der Waals surface area contributed by atoms with E-state index in [4.69, 9.17) is 14.7 Å². The number of carbonyl (C=O) groups is 2. The molecule has 1 N–H and O–H groups in total. The first-order chi connectivity index (χ1) is 12.0. The highest BCUT2D eigenvalue weighted by atomic mass is 32.2. The molecule has 1 atom stereocenters. The summed E-state index contributed by atoms with van der Waals surface area (Å²) < 4.78 is 15.4. The van der Waals surface area contributed by atoms with Gasteiger partial charge in [-0.05, 0) is 23.7 Å². The van der Waals surface area contributed by atoms with Crippen molar-refractivity contribution in [3.63, 3.8) is 0 Å². The average molecular weight is 395 g/mol. The molecule has 0 amide bonds. The lowest BCUT2D eigenvalue weighted by atomic mass is 9.96. The highest BCUT2D eigenvalue weighted by molar-refractivity contribution is 7.95. The molecule has 0 heterocycles. The van der Waals surface area contributed by atoms with Gasteiger partial charge in [0.1, 0.15) is 17.5 Å². The van der Waals surface area contributed by atoms with Gasteiger partial charge in [0.15, 0.2) is 0 Å². The van der Waals surface area contributed by atoms with Crippen molar-refractivity contribution in [1.82, 2.24) is 0 Å². The number of ether oxygens (including phenoxy) is 2. The molecule has 0 fully saturated rings. The number of rotatable bonds is 12. The predicted molar refractivity (Wildman–Crippen MR) is 99.9 cm³/mol. The Balaban J connectivity index is 5.01. The van der Waals surface area contributed by atoms with Crippen LogP contribution in [0.25, 0.3) is 0 Å². The van der Waals surface area contributed by atoms with Crippen LogP contribution in [0.4, 0.5) is 0 Å². The molecule has 0 rings (SSSR count). The molecule has 0 saturated carbocycles. The second-order valence-corrected chi connectivity index (χ2v) is 8.66. The van der Waals surface area contributed by atoms with Crippen LogP contribution in [-0.2, 0) is 28.4 Å².